The molecule has 1 fully saturated rings. The second-order valence-electron chi connectivity index (χ2n) is 8.08. The zero-order chi connectivity index (χ0) is 21.6. The molecule has 1 aliphatic rings. The van der Waals surface area contributed by atoms with Crippen LogP contribution >= 0.6 is 0 Å². The van der Waals surface area contributed by atoms with Crippen molar-refractivity contribution in [3.8, 4) is 16.9 Å². The Morgan fingerprint density at radius 3 is 2.52 bits per heavy atom. The van der Waals surface area contributed by atoms with Crippen LogP contribution in [0.1, 0.15) is 18.1 Å². The number of phenolic OH excluding ortho intramolecular Hbond substituents is 1. The lowest BCUT2D eigenvalue weighted by Crippen LogP contribution is -2.37. The summed E-state index contributed by atoms with van der Waals surface area (Å²) in [7, 11) is 0. The minimum absolute atomic E-state index is 0.133. The van der Waals surface area contributed by atoms with Gasteiger partial charge in [0.25, 0.3) is 0 Å². The van der Waals surface area contributed by atoms with E-state index < -0.39 is 0 Å². The number of amides is 1. The van der Waals surface area contributed by atoms with E-state index in [2.05, 4.69) is 28.1 Å². The highest BCUT2D eigenvalue weighted by Gasteiger charge is 2.30. The van der Waals surface area contributed by atoms with Gasteiger partial charge in [-0.1, -0.05) is 48.5 Å². The summed E-state index contributed by atoms with van der Waals surface area (Å²) in [5.41, 5.74) is 4.25. The van der Waals surface area contributed by atoms with Crippen LogP contribution in [0.25, 0.3) is 11.1 Å². The number of phenols is 1. The van der Waals surface area contributed by atoms with Gasteiger partial charge in [0.15, 0.2) is 0 Å². The van der Waals surface area contributed by atoms with Crippen LogP contribution in [-0.4, -0.2) is 52.0 Å². The molecule has 1 aliphatic heterocycles. The van der Waals surface area contributed by atoms with Crippen molar-refractivity contribution in [1.82, 2.24) is 14.8 Å². The van der Waals surface area contributed by atoms with Crippen LogP contribution in [0.15, 0.2) is 73.1 Å². The molecule has 4 rings (SSSR count). The summed E-state index contributed by atoms with van der Waals surface area (Å²) in [4.78, 5) is 21.8. The summed E-state index contributed by atoms with van der Waals surface area (Å²) in [6, 6.07) is 19.7. The lowest BCUT2D eigenvalue weighted by molar-refractivity contribution is -0.134. The lowest BCUT2D eigenvalue weighted by Gasteiger charge is -2.24. The number of likely N-dealkylation sites (N-methyl/N-ethyl adjacent to an activating group) is 1. The van der Waals surface area contributed by atoms with Gasteiger partial charge in [0.1, 0.15) is 5.75 Å². The van der Waals surface area contributed by atoms with E-state index in [-0.39, 0.29) is 11.8 Å². The quantitative estimate of drug-likeness (QED) is 0.662. The van der Waals surface area contributed by atoms with Crippen LogP contribution in [0.3, 0.4) is 0 Å². The van der Waals surface area contributed by atoms with E-state index in [4.69, 9.17) is 0 Å². The third-order valence-corrected chi connectivity index (χ3v) is 6.05. The number of para-hydroxylation sites is 1. The maximum atomic E-state index is 13.3. The molecule has 1 aromatic heterocycles. The Morgan fingerprint density at radius 1 is 1.00 bits per heavy atom. The van der Waals surface area contributed by atoms with Gasteiger partial charge >= 0.3 is 0 Å². The van der Waals surface area contributed by atoms with Crippen molar-refractivity contribution in [1.29, 1.82) is 0 Å². The van der Waals surface area contributed by atoms with Crippen LogP contribution in [0.2, 0.25) is 0 Å². The van der Waals surface area contributed by atoms with Crippen LogP contribution in [0.4, 0.5) is 0 Å². The van der Waals surface area contributed by atoms with Crippen LogP contribution in [-0.2, 0) is 17.8 Å². The first-order chi connectivity index (χ1) is 15.2. The molecule has 5 heteroatoms. The van der Waals surface area contributed by atoms with E-state index >= 15 is 0 Å². The summed E-state index contributed by atoms with van der Waals surface area (Å²) in [6.07, 6.45) is 4.32. The average Bonchev–Trinajstić information content (AvgIpc) is 2.95. The summed E-state index contributed by atoms with van der Waals surface area (Å²) in [5, 5.41) is 10.2. The molecule has 1 atom stereocenters. The molecule has 1 saturated heterocycles. The second-order valence-corrected chi connectivity index (χ2v) is 8.08. The van der Waals surface area contributed by atoms with Crippen molar-refractivity contribution < 1.29 is 9.90 Å². The summed E-state index contributed by atoms with van der Waals surface area (Å²) in [6.45, 7) is 5.57. The highest BCUT2D eigenvalue weighted by Crippen LogP contribution is 2.27. The van der Waals surface area contributed by atoms with Gasteiger partial charge in [-0.2, -0.15) is 0 Å². The van der Waals surface area contributed by atoms with Gasteiger partial charge in [-0.3, -0.25) is 14.7 Å². The third-order valence-electron chi connectivity index (χ3n) is 6.05. The molecule has 160 valence electrons. The molecule has 0 spiro atoms. The number of aromatic nitrogens is 1. The molecule has 0 aliphatic carbocycles. The van der Waals surface area contributed by atoms with E-state index in [0.717, 1.165) is 28.8 Å². The van der Waals surface area contributed by atoms with E-state index in [1.807, 2.05) is 54.4 Å². The van der Waals surface area contributed by atoms with Gasteiger partial charge in [0, 0.05) is 56.2 Å². The predicted octanol–water partition coefficient (Wildman–Crippen LogP) is 3.98. The zero-order valence-electron chi connectivity index (χ0n) is 17.9. The maximum Gasteiger partial charge on any atom is 0.227 e. The number of nitrogens with zero attached hydrogens (tertiary/aromatic N) is 3. The Hall–Kier alpha value is -3.18. The fourth-order valence-electron chi connectivity index (χ4n) is 4.37. The first kappa shape index (κ1) is 21.1. The topological polar surface area (TPSA) is 56.7 Å². The van der Waals surface area contributed by atoms with Gasteiger partial charge in [-0.05, 0) is 36.6 Å². The summed E-state index contributed by atoms with van der Waals surface area (Å²) < 4.78 is 0. The van der Waals surface area contributed by atoms with E-state index in [1.165, 1.54) is 0 Å². The fourth-order valence-corrected chi connectivity index (χ4v) is 4.37. The molecular formula is C26H29N3O2. The van der Waals surface area contributed by atoms with Crippen LogP contribution < -0.4 is 0 Å². The molecule has 3 aromatic rings. The molecule has 0 saturated carbocycles. The molecule has 1 amide bonds. The zero-order valence-corrected chi connectivity index (χ0v) is 17.9. The van der Waals surface area contributed by atoms with Crippen molar-refractivity contribution in [3.63, 3.8) is 0 Å². The Bertz CT molecular complexity index is 1020. The first-order valence-corrected chi connectivity index (χ1v) is 10.9. The number of rotatable bonds is 6. The number of hydrogen-bond donors (Lipinski definition) is 1. The Balaban J connectivity index is 1.60. The first-order valence-electron chi connectivity index (χ1n) is 10.9. The second kappa shape index (κ2) is 9.75. The molecule has 1 unspecified atom stereocenters. The van der Waals surface area contributed by atoms with E-state index in [1.54, 1.807) is 12.3 Å². The number of carbonyl (C=O) groups is 1. The largest absolute Gasteiger partial charge is 0.508 e. The standard InChI is InChI=1S/C26H29N3O2/c1-2-29-15-14-28(18-22-9-4-6-12-25(22)30)19-23(26(29)31)16-20-8-3-5-11-24(20)21-10-7-13-27-17-21/h3-13,17,23,30H,2,14-16,18-19H2,1H3. The maximum absolute atomic E-state index is 13.3. The molecule has 2 heterocycles. The Kier molecular flexibility index (Phi) is 6.63. The smallest absolute Gasteiger partial charge is 0.227 e. The molecule has 2 aromatic carbocycles. The highest BCUT2D eigenvalue weighted by atomic mass is 16.3. The normalized spacial score (nSPS) is 17.5. The number of pyridine rings is 1. The molecular weight excluding hydrogens is 386 g/mol. The van der Waals surface area contributed by atoms with E-state index in [0.29, 0.717) is 38.3 Å². The predicted molar refractivity (Wildman–Crippen MR) is 123 cm³/mol. The Morgan fingerprint density at radius 2 is 1.77 bits per heavy atom. The van der Waals surface area contributed by atoms with Crippen molar-refractivity contribution in [2.45, 2.75) is 19.9 Å². The van der Waals surface area contributed by atoms with Crippen molar-refractivity contribution in [2.75, 3.05) is 26.2 Å². The van der Waals surface area contributed by atoms with Crippen molar-refractivity contribution in [3.05, 3.63) is 84.2 Å². The number of benzene rings is 2. The van der Waals surface area contributed by atoms with E-state index in [9.17, 15) is 9.90 Å². The monoisotopic (exact) mass is 415 g/mol. The highest BCUT2D eigenvalue weighted by molar-refractivity contribution is 5.80. The summed E-state index contributed by atoms with van der Waals surface area (Å²) >= 11 is 0. The molecule has 0 radical (unpaired) electrons. The van der Waals surface area contributed by atoms with Gasteiger partial charge in [-0.25, -0.2) is 0 Å². The minimum atomic E-state index is -0.133. The molecule has 0 bridgehead atoms. The third kappa shape index (κ3) is 4.94. The summed E-state index contributed by atoms with van der Waals surface area (Å²) in [5.74, 6) is 0.387. The molecule has 1 N–H and O–H groups in total. The lowest BCUT2D eigenvalue weighted by atomic mass is 9.91. The van der Waals surface area contributed by atoms with Crippen molar-refractivity contribution in [2.24, 2.45) is 5.92 Å². The molecule has 31 heavy (non-hydrogen) atoms. The van der Waals surface area contributed by atoms with Crippen LogP contribution in [0.5, 0.6) is 5.75 Å². The van der Waals surface area contributed by atoms with Crippen LogP contribution in [0, 0.1) is 5.92 Å². The number of hydrogen-bond acceptors (Lipinski definition) is 4. The number of aromatic hydroxyl groups is 1. The van der Waals surface area contributed by atoms with Gasteiger partial charge < -0.3 is 10.0 Å². The SMILES string of the molecule is CCN1CCN(Cc2ccccc2O)CC(Cc2ccccc2-c2cccnc2)C1=O. The average molecular weight is 416 g/mol. The molecule has 5 nitrogen and oxygen atoms in total. The Labute approximate surface area is 184 Å². The number of carbonyl (C=O) groups excluding carboxylic acids is 1. The van der Waals surface area contributed by atoms with Gasteiger partial charge in [-0.15, -0.1) is 0 Å². The minimum Gasteiger partial charge on any atom is -0.508 e. The van der Waals surface area contributed by atoms with Gasteiger partial charge in [0.05, 0.1) is 5.92 Å². The fraction of sp³-hybridized carbons (Fsp3) is 0.308. The van der Waals surface area contributed by atoms with Crippen molar-refractivity contribution >= 4 is 5.91 Å². The van der Waals surface area contributed by atoms with Gasteiger partial charge in [0.2, 0.25) is 5.91 Å².